The third-order valence-corrected chi connectivity index (χ3v) is 4.06. The molecule has 0 aliphatic heterocycles. The second-order valence-electron chi connectivity index (χ2n) is 5.60. The van der Waals surface area contributed by atoms with E-state index in [-0.39, 0.29) is 24.0 Å². The van der Waals surface area contributed by atoms with Crippen molar-refractivity contribution >= 4 is 12.0 Å². The van der Waals surface area contributed by atoms with Crippen LogP contribution in [0.5, 0.6) is 0 Å². The summed E-state index contributed by atoms with van der Waals surface area (Å²) >= 11 is 0. The van der Waals surface area contributed by atoms with Gasteiger partial charge in [0.25, 0.3) is 0 Å². The Balaban J connectivity index is 1.82. The van der Waals surface area contributed by atoms with Crippen LogP contribution >= 0.6 is 0 Å². The number of hydrogen-bond donors (Lipinski definition) is 0. The molecule has 124 valence electrons. The Morgan fingerprint density at radius 1 is 1.08 bits per heavy atom. The first-order valence-electron chi connectivity index (χ1n) is 7.67. The number of hydrogen-bond acceptors (Lipinski definition) is 2. The van der Waals surface area contributed by atoms with E-state index in [1.807, 2.05) is 19.1 Å². The minimum atomic E-state index is -1.47. The number of carbonyl (C=O) groups excluding carboxylic acids is 1. The fourth-order valence-electron chi connectivity index (χ4n) is 2.66. The second kappa shape index (κ2) is 6.51. The maximum absolute atomic E-state index is 13.7. The van der Waals surface area contributed by atoms with Gasteiger partial charge in [0.1, 0.15) is 5.76 Å². The third kappa shape index (κ3) is 3.07. The molecule has 0 bridgehead atoms. The molecule has 2 nitrogen and oxygen atoms in total. The monoisotopic (exact) mass is 332 g/mol. The Labute approximate surface area is 137 Å². The Morgan fingerprint density at radius 2 is 1.79 bits per heavy atom. The van der Waals surface area contributed by atoms with Crippen LogP contribution in [0.4, 0.5) is 13.2 Å². The van der Waals surface area contributed by atoms with E-state index in [9.17, 15) is 18.0 Å². The number of ether oxygens (including phenoxy) is 1. The predicted octanol–water partition coefficient (Wildman–Crippen LogP) is 4.81. The lowest BCUT2D eigenvalue weighted by atomic mass is 9.95. The van der Waals surface area contributed by atoms with Crippen molar-refractivity contribution < 1.29 is 22.7 Å². The van der Waals surface area contributed by atoms with Gasteiger partial charge in [-0.1, -0.05) is 19.1 Å². The van der Waals surface area contributed by atoms with Crippen LogP contribution in [0.25, 0.3) is 6.08 Å². The van der Waals surface area contributed by atoms with Crippen LogP contribution in [0, 0.1) is 17.5 Å². The van der Waals surface area contributed by atoms with E-state index in [0.717, 1.165) is 18.1 Å². The van der Waals surface area contributed by atoms with Crippen molar-refractivity contribution in [3.8, 4) is 0 Å². The number of esters is 1. The van der Waals surface area contributed by atoms with Gasteiger partial charge >= 0.3 is 5.97 Å². The van der Waals surface area contributed by atoms with Gasteiger partial charge in [-0.25, -0.2) is 18.0 Å². The maximum atomic E-state index is 13.7. The molecular formula is C19H15F3O2. The Morgan fingerprint density at radius 3 is 2.46 bits per heavy atom. The van der Waals surface area contributed by atoms with Crippen LogP contribution < -0.4 is 0 Å². The van der Waals surface area contributed by atoms with Crippen molar-refractivity contribution in [3.05, 3.63) is 75.8 Å². The van der Waals surface area contributed by atoms with Crippen molar-refractivity contribution in [1.82, 2.24) is 0 Å². The van der Waals surface area contributed by atoms with Gasteiger partial charge in [-0.3, -0.25) is 0 Å². The first-order valence-corrected chi connectivity index (χ1v) is 7.67. The second-order valence-corrected chi connectivity index (χ2v) is 5.60. The fraction of sp³-hybridized carbons (Fsp3) is 0.211. The van der Waals surface area contributed by atoms with Gasteiger partial charge in [0.2, 0.25) is 0 Å². The number of benzene rings is 2. The van der Waals surface area contributed by atoms with E-state index in [4.69, 9.17) is 4.74 Å². The molecule has 0 unspecified atom stereocenters. The maximum Gasteiger partial charge on any atom is 0.343 e. The molecule has 0 saturated carbocycles. The van der Waals surface area contributed by atoms with Crippen LogP contribution in [-0.4, -0.2) is 5.97 Å². The molecule has 0 saturated heterocycles. The number of carbonyl (C=O) groups is 1. The van der Waals surface area contributed by atoms with Gasteiger partial charge in [-0.2, -0.15) is 0 Å². The molecule has 0 heterocycles. The molecule has 0 fully saturated rings. The third-order valence-electron chi connectivity index (χ3n) is 4.06. The number of allylic oxidation sites excluding steroid dienone is 1. The van der Waals surface area contributed by atoms with Gasteiger partial charge in [0, 0.05) is 6.42 Å². The standard InChI is InChI=1S/C19H15F3O2/c1-2-11-3-5-12(6-4-11)19(23)24-14-7-8-15-13(9-14)10-16(20)18(22)17(15)21/h3-6,9-10H,2,7-8H2,1H3. The zero-order chi connectivity index (χ0) is 17.3. The molecule has 24 heavy (non-hydrogen) atoms. The summed E-state index contributed by atoms with van der Waals surface area (Å²) in [6.45, 7) is 2.01. The van der Waals surface area contributed by atoms with Crippen LogP contribution in [0.2, 0.25) is 0 Å². The molecule has 1 aliphatic carbocycles. The molecule has 0 radical (unpaired) electrons. The molecule has 3 rings (SSSR count). The molecule has 1 aliphatic rings. The number of halogens is 3. The fourth-order valence-corrected chi connectivity index (χ4v) is 2.66. The summed E-state index contributed by atoms with van der Waals surface area (Å²) in [5.74, 6) is -4.14. The summed E-state index contributed by atoms with van der Waals surface area (Å²) < 4.78 is 45.6. The van der Waals surface area contributed by atoms with Crippen molar-refractivity contribution in [1.29, 1.82) is 0 Å². The lowest BCUT2D eigenvalue weighted by Crippen LogP contribution is -2.11. The van der Waals surface area contributed by atoms with Gasteiger partial charge in [0.05, 0.1) is 5.56 Å². The molecule has 0 amide bonds. The first-order chi connectivity index (χ1) is 11.5. The molecule has 0 spiro atoms. The van der Waals surface area contributed by atoms with E-state index >= 15 is 0 Å². The summed E-state index contributed by atoms with van der Waals surface area (Å²) in [6, 6.07) is 7.95. The zero-order valence-electron chi connectivity index (χ0n) is 13.0. The van der Waals surface area contributed by atoms with Crippen LogP contribution in [-0.2, 0) is 17.6 Å². The van der Waals surface area contributed by atoms with Gasteiger partial charge < -0.3 is 4.74 Å². The molecular weight excluding hydrogens is 317 g/mol. The average molecular weight is 332 g/mol. The van der Waals surface area contributed by atoms with Crippen LogP contribution in [0.15, 0.2) is 36.1 Å². The normalized spacial score (nSPS) is 13.2. The minimum absolute atomic E-state index is 0.0981. The number of rotatable bonds is 3. The molecule has 2 aromatic rings. The average Bonchev–Trinajstić information content (AvgIpc) is 2.59. The van der Waals surface area contributed by atoms with E-state index in [1.165, 1.54) is 6.08 Å². The minimum Gasteiger partial charge on any atom is -0.427 e. The van der Waals surface area contributed by atoms with E-state index in [2.05, 4.69) is 0 Å². The van der Waals surface area contributed by atoms with Crippen molar-refractivity contribution in [2.45, 2.75) is 26.2 Å². The molecule has 0 N–H and O–H groups in total. The summed E-state index contributed by atoms with van der Waals surface area (Å²) in [4.78, 5) is 12.1. The Kier molecular flexibility index (Phi) is 4.42. The van der Waals surface area contributed by atoms with Crippen LogP contribution in [0.1, 0.15) is 40.4 Å². The van der Waals surface area contributed by atoms with E-state index in [0.29, 0.717) is 11.3 Å². The molecule has 2 aromatic carbocycles. The number of aryl methyl sites for hydroxylation is 1. The molecule has 0 aromatic heterocycles. The van der Waals surface area contributed by atoms with Gasteiger partial charge in [0.15, 0.2) is 17.5 Å². The Bertz CT molecular complexity index is 823. The smallest absolute Gasteiger partial charge is 0.343 e. The highest BCUT2D eigenvalue weighted by atomic mass is 19.2. The summed E-state index contributed by atoms with van der Waals surface area (Å²) in [6.07, 6.45) is 2.63. The summed E-state index contributed by atoms with van der Waals surface area (Å²) in [5, 5.41) is 0. The van der Waals surface area contributed by atoms with E-state index < -0.39 is 23.4 Å². The highest BCUT2D eigenvalue weighted by Gasteiger charge is 2.22. The van der Waals surface area contributed by atoms with Gasteiger partial charge in [-0.15, -0.1) is 0 Å². The number of fused-ring (bicyclic) bond motifs is 1. The quantitative estimate of drug-likeness (QED) is 0.595. The zero-order valence-corrected chi connectivity index (χ0v) is 13.0. The van der Waals surface area contributed by atoms with Crippen molar-refractivity contribution in [2.75, 3.05) is 0 Å². The van der Waals surface area contributed by atoms with Crippen molar-refractivity contribution in [3.63, 3.8) is 0 Å². The largest absolute Gasteiger partial charge is 0.427 e. The Hall–Kier alpha value is -2.56. The topological polar surface area (TPSA) is 26.3 Å². The lowest BCUT2D eigenvalue weighted by molar-refractivity contribution is 0.0617. The molecule has 0 atom stereocenters. The van der Waals surface area contributed by atoms with Gasteiger partial charge in [-0.05, 0) is 53.8 Å². The highest BCUT2D eigenvalue weighted by Crippen LogP contribution is 2.29. The van der Waals surface area contributed by atoms with Crippen LogP contribution in [0.3, 0.4) is 0 Å². The lowest BCUT2D eigenvalue weighted by Gasteiger charge is -2.17. The summed E-state index contributed by atoms with van der Waals surface area (Å²) in [5.41, 5.74) is 1.79. The van der Waals surface area contributed by atoms with Crippen molar-refractivity contribution in [2.24, 2.45) is 0 Å². The highest BCUT2D eigenvalue weighted by molar-refractivity contribution is 5.90. The first kappa shape index (κ1) is 16.3. The predicted molar refractivity (Wildman–Crippen MR) is 83.8 cm³/mol. The summed E-state index contributed by atoms with van der Waals surface area (Å²) in [7, 11) is 0. The molecule has 5 heteroatoms. The SMILES string of the molecule is CCc1ccc(C(=O)OC2=Cc3cc(F)c(F)c(F)c3CC2)cc1. The van der Waals surface area contributed by atoms with E-state index in [1.54, 1.807) is 12.1 Å².